The van der Waals surface area contributed by atoms with Crippen molar-refractivity contribution >= 4 is 17.4 Å². The molecule has 0 aliphatic heterocycles. The van der Waals surface area contributed by atoms with Crippen LogP contribution in [0.25, 0.3) is 0 Å². The molecule has 2 aromatic rings. The Balaban J connectivity index is 1.92. The molecule has 3 N–H and O–H groups in total. The van der Waals surface area contributed by atoms with Crippen molar-refractivity contribution in [3.63, 3.8) is 0 Å². The number of hydrogen-bond acceptors (Lipinski definition) is 4. The Morgan fingerprint density at radius 1 is 1.11 bits per heavy atom. The van der Waals surface area contributed by atoms with Gasteiger partial charge in [0.05, 0.1) is 13.2 Å². The van der Waals surface area contributed by atoms with E-state index in [9.17, 15) is 5.11 Å². The summed E-state index contributed by atoms with van der Waals surface area (Å²) in [5, 5.41) is 10.1. The van der Waals surface area contributed by atoms with Crippen molar-refractivity contribution in [1.82, 2.24) is 0 Å². The minimum Gasteiger partial charge on any atom is -0.497 e. The Morgan fingerprint density at radius 2 is 1.74 bits per heavy atom. The summed E-state index contributed by atoms with van der Waals surface area (Å²) in [7, 11) is 1.65. The van der Waals surface area contributed by atoms with E-state index in [2.05, 4.69) is 0 Å². The normalized spacial score (nSPS) is 12.1. The van der Waals surface area contributed by atoms with Gasteiger partial charge in [-0.3, -0.25) is 0 Å². The van der Waals surface area contributed by atoms with E-state index in [1.807, 2.05) is 36.4 Å². The zero-order chi connectivity index (χ0) is 13.7. The van der Waals surface area contributed by atoms with Gasteiger partial charge in [-0.05, 0) is 42.0 Å². The first-order chi connectivity index (χ1) is 9.19. The first-order valence-electron chi connectivity index (χ1n) is 5.99. The number of thioether (sulfide) groups is 1. The Hall–Kier alpha value is -1.65. The van der Waals surface area contributed by atoms with Gasteiger partial charge in [-0.15, -0.1) is 11.8 Å². The molecular formula is C15H17NO2S. The highest BCUT2D eigenvalue weighted by Crippen LogP contribution is 2.26. The molecule has 0 saturated heterocycles. The number of benzene rings is 2. The van der Waals surface area contributed by atoms with Gasteiger partial charge in [0.1, 0.15) is 5.75 Å². The van der Waals surface area contributed by atoms with E-state index in [1.165, 1.54) is 0 Å². The lowest BCUT2D eigenvalue weighted by Crippen LogP contribution is -2.00. The third kappa shape index (κ3) is 3.91. The standard InChI is InChI=1S/C15H17NO2S/c1-18-13-6-8-14(9-7-13)19-10-15(17)11-2-4-12(16)5-3-11/h2-9,15,17H,10,16H2,1H3. The molecule has 2 rings (SSSR count). The zero-order valence-electron chi connectivity index (χ0n) is 10.7. The van der Waals surface area contributed by atoms with Crippen LogP contribution in [-0.2, 0) is 0 Å². The highest BCUT2D eigenvalue weighted by Gasteiger charge is 2.08. The number of hydrogen-bond donors (Lipinski definition) is 2. The predicted molar refractivity (Wildman–Crippen MR) is 79.5 cm³/mol. The molecule has 0 aliphatic rings. The second kappa shape index (κ2) is 6.50. The highest BCUT2D eigenvalue weighted by atomic mass is 32.2. The Labute approximate surface area is 117 Å². The maximum Gasteiger partial charge on any atom is 0.118 e. The van der Waals surface area contributed by atoms with Crippen LogP contribution in [-0.4, -0.2) is 18.0 Å². The SMILES string of the molecule is COc1ccc(SCC(O)c2ccc(N)cc2)cc1. The van der Waals surface area contributed by atoms with E-state index in [-0.39, 0.29) is 0 Å². The summed E-state index contributed by atoms with van der Waals surface area (Å²) < 4.78 is 5.10. The second-order valence-corrected chi connectivity index (χ2v) is 5.26. The minimum absolute atomic E-state index is 0.493. The molecular weight excluding hydrogens is 258 g/mol. The lowest BCUT2D eigenvalue weighted by molar-refractivity contribution is 0.204. The number of ether oxygens (including phenoxy) is 1. The summed E-state index contributed by atoms with van der Waals surface area (Å²) in [5.74, 6) is 1.44. The number of methoxy groups -OCH3 is 1. The van der Waals surface area contributed by atoms with Crippen molar-refractivity contribution in [2.24, 2.45) is 0 Å². The average molecular weight is 275 g/mol. The van der Waals surface area contributed by atoms with Crippen molar-refractivity contribution in [2.45, 2.75) is 11.0 Å². The van der Waals surface area contributed by atoms with Gasteiger partial charge in [-0.2, -0.15) is 0 Å². The third-order valence-corrected chi connectivity index (χ3v) is 3.88. The first kappa shape index (κ1) is 13.8. The van der Waals surface area contributed by atoms with Crippen LogP contribution < -0.4 is 10.5 Å². The molecule has 4 heteroatoms. The summed E-state index contributed by atoms with van der Waals surface area (Å²) in [5.41, 5.74) is 7.21. The van der Waals surface area contributed by atoms with Gasteiger partial charge >= 0.3 is 0 Å². The van der Waals surface area contributed by atoms with Gasteiger partial charge in [-0.1, -0.05) is 12.1 Å². The van der Waals surface area contributed by atoms with E-state index in [1.54, 1.807) is 31.0 Å². The van der Waals surface area contributed by atoms with Crippen molar-refractivity contribution in [2.75, 3.05) is 18.6 Å². The lowest BCUT2D eigenvalue weighted by Gasteiger charge is -2.11. The van der Waals surface area contributed by atoms with Crippen LogP contribution in [0.1, 0.15) is 11.7 Å². The number of nitrogen functional groups attached to an aromatic ring is 1. The monoisotopic (exact) mass is 275 g/mol. The molecule has 0 saturated carbocycles. The van der Waals surface area contributed by atoms with Crippen LogP contribution in [0.5, 0.6) is 5.75 Å². The Bertz CT molecular complexity index is 511. The van der Waals surface area contributed by atoms with Crippen molar-refractivity contribution < 1.29 is 9.84 Å². The molecule has 0 bridgehead atoms. The van der Waals surface area contributed by atoms with Crippen molar-refractivity contribution in [3.05, 3.63) is 54.1 Å². The number of aliphatic hydroxyl groups excluding tert-OH is 1. The molecule has 19 heavy (non-hydrogen) atoms. The summed E-state index contributed by atoms with van der Waals surface area (Å²) in [6.07, 6.45) is -0.493. The van der Waals surface area contributed by atoms with Crippen molar-refractivity contribution in [3.8, 4) is 5.75 Å². The summed E-state index contributed by atoms with van der Waals surface area (Å²) in [6, 6.07) is 15.1. The second-order valence-electron chi connectivity index (χ2n) is 4.17. The molecule has 0 heterocycles. The van der Waals surface area contributed by atoms with E-state index >= 15 is 0 Å². The fourth-order valence-electron chi connectivity index (χ4n) is 1.66. The lowest BCUT2D eigenvalue weighted by atomic mass is 10.1. The summed E-state index contributed by atoms with van der Waals surface area (Å²) in [4.78, 5) is 1.11. The van der Waals surface area contributed by atoms with Crippen LogP contribution in [0.2, 0.25) is 0 Å². The smallest absolute Gasteiger partial charge is 0.118 e. The van der Waals surface area contributed by atoms with Crippen LogP contribution in [0, 0.1) is 0 Å². The predicted octanol–water partition coefficient (Wildman–Crippen LogP) is 3.10. The van der Waals surface area contributed by atoms with Crippen molar-refractivity contribution in [1.29, 1.82) is 0 Å². The van der Waals surface area contributed by atoms with Gasteiger partial charge in [0.15, 0.2) is 0 Å². The largest absolute Gasteiger partial charge is 0.497 e. The third-order valence-electron chi connectivity index (χ3n) is 2.79. The fourth-order valence-corrected chi connectivity index (χ4v) is 2.53. The summed E-state index contributed by atoms with van der Waals surface area (Å²) >= 11 is 1.61. The van der Waals surface area contributed by atoms with Crippen LogP contribution in [0.15, 0.2) is 53.4 Å². The van der Waals surface area contributed by atoms with E-state index in [4.69, 9.17) is 10.5 Å². The van der Waals surface area contributed by atoms with Gasteiger partial charge < -0.3 is 15.6 Å². The summed E-state index contributed by atoms with van der Waals surface area (Å²) in [6.45, 7) is 0. The molecule has 2 aromatic carbocycles. The molecule has 0 spiro atoms. The highest BCUT2D eigenvalue weighted by molar-refractivity contribution is 7.99. The molecule has 100 valence electrons. The molecule has 1 unspecified atom stereocenters. The van der Waals surface area contributed by atoms with E-state index in [0.29, 0.717) is 11.4 Å². The topological polar surface area (TPSA) is 55.5 Å². The number of aliphatic hydroxyl groups is 1. The van der Waals surface area contributed by atoms with Crippen LogP contribution in [0.4, 0.5) is 5.69 Å². The number of rotatable bonds is 5. The zero-order valence-corrected chi connectivity index (χ0v) is 11.6. The van der Waals surface area contributed by atoms with Gasteiger partial charge in [0.2, 0.25) is 0 Å². The quantitative estimate of drug-likeness (QED) is 0.650. The average Bonchev–Trinajstić information content (AvgIpc) is 2.46. The Morgan fingerprint density at radius 3 is 2.32 bits per heavy atom. The van der Waals surface area contributed by atoms with E-state index in [0.717, 1.165) is 16.2 Å². The maximum atomic E-state index is 10.1. The van der Waals surface area contributed by atoms with Crippen LogP contribution >= 0.6 is 11.8 Å². The van der Waals surface area contributed by atoms with Gasteiger partial charge in [0, 0.05) is 16.3 Å². The molecule has 1 atom stereocenters. The van der Waals surface area contributed by atoms with Gasteiger partial charge in [0.25, 0.3) is 0 Å². The van der Waals surface area contributed by atoms with Gasteiger partial charge in [-0.25, -0.2) is 0 Å². The maximum absolute atomic E-state index is 10.1. The molecule has 0 aliphatic carbocycles. The number of nitrogens with two attached hydrogens (primary N) is 1. The molecule has 0 radical (unpaired) electrons. The fraction of sp³-hybridized carbons (Fsp3) is 0.200. The molecule has 0 fully saturated rings. The number of anilines is 1. The van der Waals surface area contributed by atoms with Crippen LogP contribution in [0.3, 0.4) is 0 Å². The minimum atomic E-state index is -0.493. The molecule has 0 aromatic heterocycles. The molecule has 3 nitrogen and oxygen atoms in total. The Kier molecular flexibility index (Phi) is 4.71. The molecule has 0 amide bonds. The van der Waals surface area contributed by atoms with E-state index < -0.39 is 6.10 Å². The first-order valence-corrected chi connectivity index (χ1v) is 6.98.